The van der Waals surface area contributed by atoms with Crippen molar-refractivity contribution in [1.82, 2.24) is 4.31 Å². The van der Waals surface area contributed by atoms with Gasteiger partial charge in [0.05, 0.1) is 22.6 Å². The molecule has 1 unspecified atom stereocenters. The fraction of sp³-hybridized carbons (Fsp3) is 0.333. The molecule has 154 valence electrons. The lowest BCUT2D eigenvalue weighted by atomic mass is 10.1. The molecule has 1 aliphatic rings. The van der Waals surface area contributed by atoms with Crippen LogP contribution in [0.1, 0.15) is 40.0 Å². The molecular weight excluding hydrogens is 414 g/mol. The summed E-state index contributed by atoms with van der Waals surface area (Å²) >= 11 is 6.14. The lowest BCUT2D eigenvalue weighted by Crippen LogP contribution is -2.31. The Morgan fingerprint density at radius 2 is 1.86 bits per heavy atom. The molecule has 0 N–H and O–H groups in total. The molecule has 0 spiro atoms. The van der Waals surface area contributed by atoms with Gasteiger partial charge in [0.15, 0.2) is 12.4 Å². The highest BCUT2D eigenvalue weighted by molar-refractivity contribution is 7.82. The third kappa shape index (κ3) is 5.44. The predicted molar refractivity (Wildman–Crippen MR) is 111 cm³/mol. The van der Waals surface area contributed by atoms with Crippen LogP contribution in [0.25, 0.3) is 0 Å². The van der Waals surface area contributed by atoms with Crippen LogP contribution in [0.5, 0.6) is 5.75 Å². The van der Waals surface area contributed by atoms with E-state index in [-0.39, 0.29) is 16.4 Å². The minimum atomic E-state index is -1.37. The summed E-state index contributed by atoms with van der Waals surface area (Å²) in [4.78, 5) is 25.3. The molecule has 6 nitrogen and oxygen atoms in total. The summed E-state index contributed by atoms with van der Waals surface area (Å²) in [5.74, 6) is -0.553. The molecule has 3 rings (SSSR count). The average molecular weight is 436 g/mol. The number of Topliss-reactive ketones (excluding diaryl/α,β-unsaturated/α-hetero) is 1. The number of hydrogen-bond donors (Lipinski definition) is 0. The Morgan fingerprint density at radius 3 is 2.59 bits per heavy atom. The highest BCUT2D eigenvalue weighted by Crippen LogP contribution is 2.23. The fourth-order valence-electron chi connectivity index (χ4n) is 3.04. The van der Waals surface area contributed by atoms with Crippen molar-refractivity contribution in [3.05, 3.63) is 58.6 Å². The first-order chi connectivity index (χ1) is 14.0. The molecule has 1 fully saturated rings. The summed E-state index contributed by atoms with van der Waals surface area (Å²) in [5, 5.41) is 0.184. The number of nitrogens with zero attached hydrogens (tertiary/aromatic N) is 1. The van der Waals surface area contributed by atoms with E-state index in [4.69, 9.17) is 21.1 Å². The molecule has 8 heteroatoms. The molecule has 29 heavy (non-hydrogen) atoms. The fourth-order valence-corrected chi connectivity index (χ4v) is 4.52. The van der Waals surface area contributed by atoms with Gasteiger partial charge in [-0.05, 0) is 43.2 Å². The van der Waals surface area contributed by atoms with Crippen LogP contribution in [0.4, 0.5) is 0 Å². The third-order valence-corrected chi connectivity index (χ3v) is 6.46. The van der Waals surface area contributed by atoms with E-state index >= 15 is 0 Å². The van der Waals surface area contributed by atoms with E-state index in [1.54, 1.807) is 30.3 Å². The number of rotatable bonds is 7. The first-order valence-corrected chi connectivity index (χ1v) is 10.8. The second-order valence-corrected chi connectivity index (χ2v) is 8.51. The number of ether oxygens (including phenoxy) is 2. The summed E-state index contributed by atoms with van der Waals surface area (Å²) in [5.41, 5.74) is 0.469. The van der Waals surface area contributed by atoms with Gasteiger partial charge in [0, 0.05) is 18.7 Å². The number of benzene rings is 2. The maximum absolute atomic E-state index is 12.8. The largest absolute Gasteiger partial charge is 0.497 e. The molecule has 1 aliphatic heterocycles. The first-order valence-electron chi connectivity index (χ1n) is 9.30. The van der Waals surface area contributed by atoms with Crippen molar-refractivity contribution in [2.24, 2.45) is 0 Å². The van der Waals surface area contributed by atoms with E-state index in [0.717, 1.165) is 32.4 Å². The van der Waals surface area contributed by atoms with Crippen molar-refractivity contribution in [2.45, 2.75) is 24.2 Å². The van der Waals surface area contributed by atoms with Crippen molar-refractivity contribution in [1.29, 1.82) is 0 Å². The smallest absolute Gasteiger partial charge is 0.340 e. The predicted octanol–water partition coefficient (Wildman–Crippen LogP) is 3.90. The molecular formula is C21H22ClNO5S. The number of halogens is 1. The number of methoxy groups -OCH3 is 1. The Morgan fingerprint density at radius 1 is 1.10 bits per heavy atom. The van der Waals surface area contributed by atoms with Gasteiger partial charge in [0.1, 0.15) is 16.7 Å². The topological polar surface area (TPSA) is 72.9 Å². The van der Waals surface area contributed by atoms with Crippen molar-refractivity contribution >= 4 is 34.3 Å². The summed E-state index contributed by atoms with van der Waals surface area (Å²) in [6, 6.07) is 11.2. The van der Waals surface area contributed by atoms with Gasteiger partial charge in [-0.15, -0.1) is 0 Å². The molecule has 0 aliphatic carbocycles. The lowest BCUT2D eigenvalue weighted by Gasteiger charge is -2.25. The molecule has 0 saturated carbocycles. The second kappa shape index (κ2) is 10.0. The van der Waals surface area contributed by atoms with Crippen LogP contribution in [0.3, 0.4) is 0 Å². The van der Waals surface area contributed by atoms with E-state index in [2.05, 4.69) is 0 Å². The molecule has 1 heterocycles. The SMILES string of the molecule is COc1cccc(C(=O)COC(=O)c2cc(S(=O)N3CCCCC3)ccc2Cl)c1. The number of hydrogen-bond acceptors (Lipinski definition) is 5. The minimum absolute atomic E-state index is 0.0907. The molecule has 0 radical (unpaired) electrons. The van der Waals surface area contributed by atoms with Crippen LogP contribution < -0.4 is 4.74 Å². The zero-order chi connectivity index (χ0) is 20.8. The highest BCUT2D eigenvalue weighted by Gasteiger charge is 2.21. The van der Waals surface area contributed by atoms with Crippen LogP contribution in [-0.2, 0) is 15.7 Å². The summed E-state index contributed by atoms with van der Waals surface area (Å²) < 4.78 is 24.9. The van der Waals surface area contributed by atoms with Crippen molar-refractivity contribution in [3.63, 3.8) is 0 Å². The van der Waals surface area contributed by atoms with Gasteiger partial charge in [-0.1, -0.05) is 30.2 Å². The molecule has 0 amide bonds. The third-order valence-electron chi connectivity index (χ3n) is 4.63. The maximum Gasteiger partial charge on any atom is 0.340 e. The molecule has 0 aromatic heterocycles. The van der Waals surface area contributed by atoms with E-state index in [0.29, 0.717) is 16.2 Å². The summed E-state index contributed by atoms with van der Waals surface area (Å²) in [6.45, 7) is 1.08. The molecule has 1 saturated heterocycles. The van der Waals surface area contributed by atoms with Crippen molar-refractivity contribution in [2.75, 3.05) is 26.8 Å². The van der Waals surface area contributed by atoms with Gasteiger partial charge in [-0.2, -0.15) is 0 Å². The van der Waals surface area contributed by atoms with Crippen molar-refractivity contribution in [3.8, 4) is 5.75 Å². The Bertz CT molecular complexity index is 927. The molecule has 2 aromatic carbocycles. The van der Waals surface area contributed by atoms with Crippen LogP contribution in [0, 0.1) is 0 Å². The van der Waals surface area contributed by atoms with Crippen LogP contribution >= 0.6 is 11.6 Å². The van der Waals surface area contributed by atoms with Crippen LogP contribution in [0.15, 0.2) is 47.4 Å². The average Bonchev–Trinajstić information content (AvgIpc) is 2.77. The number of esters is 1. The second-order valence-electron chi connectivity index (χ2n) is 6.61. The van der Waals surface area contributed by atoms with Gasteiger partial charge < -0.3 is 9.47 Å². The first kappa shape index (κ1) is 21.5. The van der Waals surface area contributed by atoms with E-state index in [1.165, 1.54) is 19.2 Å². The number of piperidine rings is 1. The number of carbonyl (C=O) groups excluding carboxylic acids is 2. The lowest BCUT2D eigenvalue weighted by molar-refractivity contribution is 0.0474. The van der Waals surface area contributed by atoms with Gasteiger partial charge in [0.25, 0.3) is 0 Å². The van der Waals surface area contributed by atoms with Gasteiger partial charge >= 0.3 is 5.97 Å². The van der Waals surface area contributed by atoms with E-state index in [1.807, 2.05) is 4.31 Å². The van der Waals surface area contributed by atoms with Crippen LogP contribution in [-0.4, -0.2) is 47.1 Å². The Kier molecular flexibility index (Phi) is 7.41. The Balaban J connectivity index is 1.68. The normalized spacial score (nSPS) is 15.5. The van der Waals surface area contributed by atoms with Crippen molar-refractivity contribution < 1.29 is 23.3 Å². The Labute approximate surface area is 177 Å². The quantitative estimate of drug-likeness (QED) is 0.487. The molecule has 1 atom stereocenters. The van der Waals surface area contributed by atoms with Gasteiger partial charge in [-0.25, -0.2) is 13.3 Å². The Hall–Kier alpha value is -2.22. The summed E-state index contributed by atoms with van der Waals surface area (Å²) in [7, 11) is 0.141. The molecule has 0 bridgehead atoms. The maximum atomic E-state index is 12.8. The number of ketones is 1. The highest BCUT2D eigenvalue weighted by atomic mass is 35.5. The van der Waals surface area contributed by atoms with E-state index in [9.17, 15) is 13.8 Å². The monoisotopic (exact) mass is 435 g/mol. The van der Waals surface area contributed by atoms with E-state index < -0.39 is 23.6 Å². The minimum Gasteiger partial charge on any atom is -0.497 e. The standard InChI is InChI=1S/C21H22ClNO5S/c1-27-16-7-5-6-15(12-16)20(24)14-28-21(25)18-13-17(8-9-19(18)22)29(26)23-10-3-2-4-11-23/h5-9,12-13H,2-4,10-11,14H2,1H3. The van der Waals surface area contributed by atoms with Gasteiger partial charge in [-0.3, -0.25) is 4.79 Å². The zero-order valence-corrected chi connectivity index (χ0v) is 17.6. The zero-order valence-electron chi connectivity index (χ0n) is 16.1. The summed E-state index contributed by atoms with van der Waals surface area (Å²) in [6.07, 6.45) is 3.13. The van der Waals surface area contributed by atoms with Crippen LogP contribution in [0.2, 0.25) is 5.02 Å². The van der Waals surface area contributed by atoms with Gasteiger partial charge in [0.2, 0.25) is 0 Å². The number of carbonyl (C=O) groups is 2. The molecule has 2 aromatic rings.